The van der Waals surface area contributed by atoms with Crippen molar-refractivity contribution in [1.82, 2.24) is 10.2 Å². The van der Waals surface area contributed by atoms with Gasteiger partial charge in [0.05, 0.1) is 12.3 Å². The average molecular weight is 225 g/mol. The van der Waals surface area contributed by atoms with Crippen molar-refractivity contribution in [2.75, 3.05) is 6.61 Å². The Labute approximate surface area is 98.8 Å². The van der Waals surface area contributed by atoms with Crippen molar-refractivity contribution in [1.29, 1.82) is 5.26 Å². The van der Waals surface area contributed by atoms with Gasteiger partial charge in [-0.3, -0.25) is 5.10 Å². The van der Waals surface area contributed by atoms with Crippen molar-refractivity contribution >= 4 is 0 Å². The summed E-state index contributed by atoms with van der Waals surface area (Å²) < 4.78 is 5.56. The Hall–Kier alpha value is -2.28. The topological polar surface area (TPSA) is 61.7 Å². The molecule has 1 aromatic carbocycles. The zero-order valence-corrected chi connectivity index (χ0v) is 9.23. The molecule has 0 bridgehead atoms. The van der Waals surface area contributed by atoms with Gasteiger partial charge in [0.2, 0.25) is 0 Å². The van der Waals surface area contributed by atoms with Crippen LogP contribution in [-0.4, -0.2) is 16.8 Å². The fourth-order valence-corrected chi connectivity index (χ4v) is 2.05. The van der Waals surface area contributed by atoms with Gasteiger partial charge in [0, 0.05) is 11.6 Å². The third kappa shape index (κ3) is 1.76. The maximum atomic E-state index is 8.74. The van der Waals surface area contributed by atoms with Crippen LogP contribution in [0, 0.1) is 11.3 Å². The quantitative estimate of drug-likeness (QED) is 0.809. The predicted octanol–water partition coefficient (Wildman–Crippen LogP) is 2.27. The number of nitriles is 1. The number of aromatic amines is 1. The summed E-state index contributed by atoms with van der Waals surface area (Å²) in [5.74, 6) is 0.972. The monoisotopic (exact) mass is 225 g/mol. The highest BCUT2D eigenvalue weighted by Gasteiger charge is 2.12. The molecule has 0 radical (unpaired) electrons. The van der Waals surface area contributed by atoms with Gasteiger partial charge >= 0.3 is 0 Å². The fraction of sp³-hybridized carbons (Fsp3) is 0.231. The fourth-order valence-electron chi connectivity index (χ4n) is 2.05. The molecule has 4 nitrogen and oxygen atoms in total. The summed E-state index contributed by atoms with van der Waals surface area (Å²) in [6.45, 7) is 0.801. The van der Waals surface area contributed by atoms with Gasteiger partial charge in [-0.05, 0) is 36.6 Å². The van der Waals surface area contributed by atoms with Crippen LogP contribution in [0.25, 0.3) is 11.3 Å². The lowest BCUT2D eigenvalue weighted by atomic mass is 10.0. The van der Waals surface area contributed by atoms with E-state index in [4.69, 9.17) is 10.00 Å². The van der Waals surface area contributed by atoms with E-state index in [2.05, 4.69) is 16.3 Å². The Morgan fingerprint density at radius 2 is 2.29 bits per heavy atom. The minimum atomic E-state index is 0.411. The van der Waals surface area contributed by atoms with E-state index in [1.54, 1.807) is 6.07 Å². The van der Waals surface area contributed by atoms with Crippen LogP contribution in [0.2, 0.25) is 0 Å². The molecule has 1 aliphatic rings. The summed E-state index contributed by atoms with van der Waals surface area (Å²) in [6.07, 6.45) is 2.10. The van der Waals surface area contributed by atoms with Crippen LogP contribution in [0.15, 0.2) is 24.3 Å². The van der Waals surface area contributed by atoms with Crippen molar-refractivity contribution in [3.63, 3.8) is 0 Å². The molecular formula is C13H11N3O. The van der Waals surface area contributed by atoms with Crippen LogP contribution in [-0.2, 0) is 6.42 Å². The largest absolute Gasteiger partial charge is 0.493 e. The number of benzene rings is 1. The molecule has 17 heavy (non-hydrogen) atoms. The van der Waals surface area contributed by atoms with Crippen LogP contribution in [0.3, 0.4) is 0 Å². The van der Waals surface area contributed by atoms with Gasteiger partial charge in [-0.25, -0.2) is 0 Å². The summed E-state index contributed by atoms with van der Waals surface area (Å²) in [4.78, 5) is 0. The van der Waals surface area contributed by atoms with Gasteiger partial charge in [0.25, 0.3) is 0 Å². The molecule has 1 aliphatic heterocycles. The SMILES string of the molecule is N#Cc1cc(-c2ccc3c(c2)CCCO3)[nH]n1. The summed E-state index contributed by atoms with van der Waals surface area (Å²) in [5.41, 5.74) is 3.55. The second kappa shape index (κ2) is 3.95. The van der Waals surface area contributed by atoms with Crippen molar-refractivity contribution in [2.24, 2.45) is 0 Å². The third-order valence-electron chi connectivity index (χ3n) is 2.91. The molecule has 3 rings (SSSR count). The van der Waals surface area contributed by atoms with Gasteiger partial charge in [0.15, 0.2) is 5.69 Å². The number of aromatic nitrogens is 2. The van der Waals surface area contributed by atoms with Gasteiger partial charge < -0.3 is 4.74 Å². The lowest BCUT2D eigenvalue weighted by Gasteiger charge is -2.17. The maximum absolute atomic E-state index is 8.74. The van der Waals surface area contributed by atoms with E-state index >= 15 is 0 Å². The molecule has 2 heterocycles. The number of hydrogen-bond donors (Lipinski definition) is 1. The summed E-state index contributed by atoms with van der Waals surface area (Å²) >= 11 is 0. The second-order valence-electron chi connectivity index (χ2n) is 4.05. The molecule has 0 fully saturated rings. The Morgan fingerprint density at radius 1 is 1.35 bits per heavy atom. The lowest BCUT2D eigenvalue weighted by molar-refractivity contribution is 0.288. The summed E-state index contributed by atoms with van der Waals surface area (Å²) in [6, 6.07) is 9.84. The number of rotatable bonds is 1. The van der Waals surface area contributed by atoms with Gasteiger partial charge in [-0.15, -0.1) is 0 Å². The number of H-pyrrole nitrogens is 1. The van der Waals surface area contributed by atoms with E-state index in [1.807, 2.05) is 18.2 Å². The molecule has 84 valence electrons. The van der Waals surface area contributed by atoms with Gasteiger partial charge in [-0.1, -0.05) is 0 Å². The standard InChI is InChI=1S/C13H11N3O/c14-8-11-7-12(16-15-11)9-3-4-13-10(6-9)2-1-5-17-13/h3-4,6-7H,1-2,5H2,(H,15,16). The van der Waals surface area contributed by atoms with E-state index in [1.165, 1.54) is 5.56 Å². The average Bonchev–Trinajstić information content (AvgIpc) is 2.87. The van der Waals surface area contributed by atoms with Crippen molar-refractivity contribution < 1.29 is 4.74 Å². The summed E-state index contributed by atoms with van der Waals surface area (Å²) in [5, 5.41) is 15.5. The lowest BCUT2D eigenvalue weighted by Crippen LogP contribution is -2.08. The van der Waals surface area contributed by atoms with Crippen LogP contribution in [0.1, 0.15) is 17.7 Å². The summed E-state index contributed by atoms with van der Waals surface area (Å²) in [7, 11) is 0. The molecule has 0 spiro atoms. The van der Waals surface area contributed by atoms with E-state index in [0.717, 1.165) is 36.5 Å². The Morgan fingerprint density at radius 3 is 3.12 bits per heavy atom. The van der Waals surface area contributed by atoms with Crippen LogP contribution >= 0.6 is 0 Å². The second-order valence-corrected chi connectivity index (χ2v) is 4.05. The number of nitrogens with zero attached hydrogens (tertiary/aromatic N) is 2. The highest BCUT2D eigenvalue weighted by Crippen LogP contribution is 2.29. The number of aryl methyl sites for hydroxylation is 1. The van der Waals surface area contributed by atoms with Crippen molar-refractivity contribution in [2.45, 2.75) is 12.8 Å². The molecule has 4 heteroatoms. The first-order chi connectivity index (χ1) is 8.36. The molecule has 0 unspecified atom stereocenters. The Bertz CT molecular complexity index is 595. The van der Waals surface area contributed by atoms with Crippen molar-refractivity contribution in [3.8, 4) is 23.1 Å². The Kier molecular flexibility index (Phi) is 2.30. The molecular weight excluding hydrogens is 214 g/mol. The van der Waals surface area contributed by atoms with Gasteiger partial charge in [-0.2, -0.15) is 10.4 Å². The number of hydrogen-bond acceptors (Lipinski definition) is 3. The molecule has 0 amide bonds. The number of nitrogens with one attached hydrogen (secondary N) is 1. The van der Waals surface area contributed by atoms with Crippen LogP contribution in [0.4, 0.5) is 0 Å². The zero-order chi connectivity index (χ0) is 11.7. The highest BCUT2D eigenvalue weighted by atomic mass is 16.5. The first kappa shape index (κ1) is 9.91. The predicted molar refractivity (Wildman–Crippen MR) is 62.6 cm³/mol. The minimum Gasteiger partial charge on any atom is -0.493 e. The molecule has 1 aromatic heterocycles. The van der Waals surface area contributed by atoms with Crippen LogP contribution < -0.4 is 4.74 Å². The molecule has 1 N–H and O–H groups in total. The van der Waals surface area contributed by atoms with E-state index < -0.39 is 0 Å². The van der Waals surface area contributed by atoms with E-state index in [9.17, 15) is 0 Å². The van der Waals surface area contributed by atoms with Crippen molar-refractivity contribution in [3.05, 3.63) is 35.5 Å². The van der Waals surface area contributed by atoms with E-state index in [0.29, 0.717) is 5.69 Å². The zero-order valence-electron chi connectivity index (χ0n) is 9.23. The van der Waals surface area contributed by atoms with Crippen LogP contribution in [0.5, 0.6) is 5.75 Å². The number of ether oxygens (including phenoxy) is 1. The normalized spacial score (nSPS) is 13.6. The first-order valence-electron chi connectivity index (χ1n) is 5.58. The molecule has 0 saturated carbocycles. The first-order valence-corrected chi connectivity index (χ1v) is 5.58. The smallest absolute Gasteiger partial charge is 0.162 e. The maximum Gasteiger partial charge on any atom is 0.162 e. The third-order valence-corrected chi connectivity index (χ3v) is 2.91. The molecule has 0 atom stereocenters. The molecule has 0 saturated heterocycles. The number of fused-ring (bicyclic) bond motifs is 1. The van der Waals surface area contributed by atoms with E-state index in [-0.39, 0.29) is 0 Å². The molecule has 2 aromatic rings. The van der Waals surface area contributed by atoms with Gasteiger partial charge in [0.1, 0.15) is 11.8 Å². The minimum absolute atomic E-state index is 0.411. The Balaban J connectivity index is 2.01. The molecule has 0 aliphatic carbocycles. The highest BCUT2D eigenvalue weighted by molar-refractivity contribution is 5.63.